The quantitative estimate of drug-likeness (QED) is 0.740. The minimum Gasteiger partial charge on any atom is -0.545 e. The number of carboxylic acids is 1. The number of carbonyl (C=O) groups excluding carboxylic acids is 2. The Morgan fingerprint density at radius 2 is 1.43 bits per heavy atom. The van der Waals surface area contributed by atoms with Gasteiger partial charge in [0.25, 0.3) is 0 Å². The summed E-state index contributed by atoms with van der Waals surface area (Å²) in [6.07, 6.45) is 0.408. The number of nitriles is 1. The standard InChI is InChI=1S/C25H18N2O3/c26-14-25(24(30)27-16-11-9-15(10-12-16)23(28)29)13-21-17-5-1-3-7-19(17)22(25)20-8-4-2-6-18(20)21/h1-12,21-22H,13H2,(H,27,30)(H,28,29)/p-1/t21?,22?,25-/m1/s1. The average Bonchev–Trinajstić information content (AvgIpc) is 2.79. The van der Waals surface area contributed by atoms with Crippen LogP contribution in [0.15, 0.2) is 72.8 Å². The predicted octanol–water partition coefficient (Wildman–Crippen LogP) is 3.18. The Bertz CT molecular complexity index is 1180. The van der Waals surface area contributed by atoms with Gasteiger partial charge in [-0.2, -0.15) is 5.26 Å². The molecule has 5 nitrogen and oxygen atoms in total. The number of nitrogens with zero attached hydrogens (tertiary/aromatic N) is 1. The van der Waals surface area contributed by atoms with Crippen molar-refractivity contribution in [1.29, 1.82) is 5.26 Å². The Morgan fingerprint density at radius 3 is 1.93 bits per heavy atom. The van der Waals surface area contributed by atoms with Gasteiger partial charge < -0.3 is 15.2 Å². The summed E-state index contributed by atoms with van der Waals surface area (Å²) in [5, 5.41) is 24.1. The normalized spacial score (nSPS) is 23.0. The molecule has 1 amide bonds. The molecule has 0 radical (unpaired) electrons. The molecular weight excluding hydrogens is 376 g/mol. The number of rotatable bonds is 3. The molecule has 2 bridgehead atoms. The zero-order valence-electron chi connectivity index (χ0n) is 16.0. The molecule has 0 aromatic heterocycles. The molecule has 6 rings (SSSR count). The van der Waals surface area contributed by atoms with Crippen molar-refractivity contribution in [2.75, 3.05) is 5.32 Å². The van der Waals surface area contributed by atoms with Crippen LogP contribution in [0.2, 0.25) is 0 Å². The summed E-state index contributed by atoms with van der Waals surface area (Å²) < 4.78 is 0. The minimum atomic E-state index is -1.28. The molecule has 0 saturated carbocycles. The van der Waals surface area contributed by atoms with Gasteiger partial charge in [-0.3, -0.25) is 4.79 Å². The second kappa shape index (κ2) is 6.57. The lowest BCUT2D eigenvalue weighted by Gasteiger charge is -2.48. The van der Waals surface area contributed by atoms with Crippen LogP contribution in [-0.2, 0) is 4.79 Å². The first kappa shape index (κ1) is 18.1. The van der Waals surface area contributed by atoms with Gasteiger partial charge in [-0.25, -0.2) is 0 Å². The van der Waals surface area contributed by atoms with E-state index in [1.165, 1.54) is 35.4 Å². The first-order chi connectivity index (χ1) is 14.5. The molecule has 1 N–H and O–H groups in total. The van der Waals surface area contributed by atoms with Gasteiger partial charge in [-0.05, 0) is 46.4 Å². The van der Waals surface area contributed by atoms with Crippen molar-refractivity contribution < 1.29 is 14.7 Å². The molecule has 3 aromatic carbocycles. The van der Waals surface area contributed by atoms with Gasteiger partial charge in [0.1, 0.15) is 5.41 Å². The van der Waals surface area contributed by atoms with Crippen LogP contribution in [-0.4, -0.2) is 11.9 Å². The number of aromatic carboxylic acids is 1. The highest BCUT2D eigenvalue weighted by molar-refractivity contribution is 6.00. The lowest BCUT2D eigenvalue weighted by atomic mass is 9.52. The second-order valence-corrected chi connectivity index (χ2v) is 7.85. The van der Waals surface area contributed by atoms with Gasteiger partial charge in [0.2, 0.25) is 5.91 Å². The number of fused-ring (bicyclic) bond motifs is 1. The molecule has 0 spiro atoms. The van der Waals surface area contributed by atoms with Crippen molar-refractivity contribution in [2.45, 2.75) is 18.3 Å². The Labute approximate surface area is 173 Å². The summed E-state index contributed by atoms with van der Waals surface area (Å²) in [6, 6.07) is 24.2. The van der Waals surface area contributed by atoms with Crippen LogP contribution in [0.3, 0.4) is 0 Å². The summed E-state index contributed by atoms with van der Waals surface area (Å²) in [5.41, 5.74) is 3.63. The molecule has 5 heteroatoms. The number of amides is 1. The minimum absolute atomic E-state index is 0.0201. The van der Waals surface area contributed by atoms with E-state index in [1.807, 2.05) is 36.4 Å². The summed E-state index contributed by atoms with van der Waals surface area (Å²) in [5.74, 6) is -2.03. The van der Waals surface area contributed by atoms with Crippen LogP contribution in [0, 0.1) is 16.7 Å². The van der Waals surface area contributed by atoms with Crippen molar-refractivity contribution in [3.05, 3.63) is 101 Å². The fourth-order valence-corrected chi connectivity index (χ4v) is 5.02. The number of nitrogens with one attached hydrogen (secondary N) is 1. The van der Waals surface area contributed by atoms with Crippen molar-refractivity contribution in [2.24, 2.45) is 5.41 Å². The fourth-order valence-electron chi connectivity index (χ4n) is 5.02. The molecule has 30 heavy (non-hydrogen) atoms. The molecule has 3 aliphatic rings. The SMILES string of the molecule is N#C[C@]1(C(=O)Nc2ccc(C(=O)[O-])cc2)CC2c3ccccc3C1c1ccccc12. The van der Waals surface area contributed by atoms with Crippen molar-refractivity contribution in [3.8, 4) is 6.07 Å². The zero-order valence-corrected chi connectivity index (χ0v) is 16.0. The number of hydrogen-bond acceptors (Lipinski definition) is 4. The monoisotopic (exact) mass is 393 g/mol. The highest BCUT2D eigenvalue weighted by Crippen LogP contribution is 2.61. The van der Waals surface area contributed by atoms with E-state index in [9.17, 15) is 20.0 Å². The topological polar surface area (TPSA) is 93.0 Å². The smallest absolute Gasteiger partial charge is 0.245 e. The van der Waals surface area contributed by atoms with Crippen molar-refractivity contribution in [1.82, 2.24) is 0 Å². The Kier molecular flexibility index (Phi) is 3.97. The molecule has 0 saturated heterocycles. The van der Waals surface area contributed by atoms with E-state index in [0.29, 0.717) is 12.1 Å². The van der Waals surface area contributed by atoms with Gasteiger partial charge in [0.15, 0.2) is 0 Å². The summed E-state index contributed by atoms with van der Waals surface area (Å²) >= 11 is 0. The Hall–Kier alpha value is -3.91. The van der Waals surface area contributed by atoms with E-state index in [-0.39, 0.29) is 23.3 Å². The lowest BCUT2D eigenvalue weighted by molar-refractivity contribution is -0.255. The molecule has 3 aliphatic carbocycles. The maximum Gasteiger partial charge on any atom is 0.245 e. The molecule has 3 aromatic rings. The fraction of sp³-hybridized carbons (Fsp3) is 0.160. The van der Waals surface area contributed by atoms with Gasteiger partial charge in [-0.1, -0.05) is 60.7 Å². The second-order valence-electron chi connectivity index (χ2n) is 7.85. The van der Waals surface area contributed by atoms with Gasteiger partial charge in [0.05, 0.1) is 12.0 Å². The molecule has 1 atom stereocenters. The molecule has 0 unspecified atom stereocenters. The average molecular weight is 393 g/mol. The molecular formula is C25H17N2O3-. The molecule has 0 fully saturated rings. The van der Waals surface area contributed by atoms with Crippen LogP contribution in [0.1, 0.15) is 50.9 Å². The zero-order chi connectivity index (χ0) is 20.9. The summed E-state index contributed by atoms with van der Waals surface area (Å²) in [6.45, 7) is 0. The maximum atomic E-state index is 13.5. The summed E-state index contributed by atoms with van der Waals surface area (Å²) in [7, 11) is 0. The van der Waals surface area contributed by atoms with E-state index in [2.05, 4.69) is 23.5 Å². The van der Waals surface area contributed by atoms with Crippen molar-refractivity contribution >= 4 is 17.6 Å². The lowest BCUT2D eigenvalue weighted by Crippen LogP contribution is -2.48. The van der Waals surface area contributed by atoms with Gasteiger partial charge in [0, 0.05) is 17.5 Å². The first-order valence-electron chi connectivity index (χ1n) is 9.77. The van der Waals surface area contributed by atoms with E-state index >= 15 is 0 Å². The van der Waals surface area contributed by atoms with E-state index < -0.39 is 11.4 Å². The molecule has 0 aliphatic heterocycles. The third kappa shape index (κ3) is 2.47. The third-order valence-corrected chi connectivity index (χ3v) is 6.37. The Balaban J connectivity index is 1.58. The van der Waals surface area contributed by atoms with Crippen molar-refractivity contribution in [3.63, 3.8) is 0 Å². The first-order valence-corrected chi connectivity index (χ1v) is 9.77. The number of anilines is 1. The van der Waals surface area contributed by atoms with Crippen LogP contribution >= 0.6 is 0 Å². The number of carboxylic acid groups (broad SMARTS) is 1. The largest absolute Gasteiger partial charge is 0.545 e. The van der Waals surface area contributed by atoms with E-state index in [4.69, 9.17) is 0 Å². The van der Waals surface area contributed by atoms with Crippen LogP contribution in [0.4, 0.5) is 5.69 Å². The number of carbonyl (C=O) groups is 2. The van der Waals surface area contributed by atoms with Gasteiger partial charge >= 0.3 is 0 Å². The van der Waals surface area contributed by atoms with Crippen LogP contribution in [0.25, 0.3) is 0 Å². The number of hydrogen-bond donors (Lipinski definition) is 1. The van der Waals surface area contributed by atoms with Crippen LogP contribution < -0.4 is 10.4 Å². The molecule has 146 valence electrons. The molecule has 0 heterocycles. The third-order valence-electron chi connectivity index (χ3n) is 6.37. The highest BCUT2D eigenvalue weighted by Gasteiger charge is 2.57. The van der Waals surface area contributed by atoms with E-state index in [1.54, 1.807) is 0 Å². The summed E-state index contributed by atoms with van der Waals surface area (Å²) in [4.78, 5) is 24.4. The van der Waals surface area contributed by atoms with E-state index in [0.717, 1.165) is 11.1 Å². The Morgan fingerprint density at radius 1 is 0.900 bits per heavy atom. The maximum absolute atomic E-state index is 13.5. The highest BCUT2D eigenvalue weighted by atomic mass is 16.4. The van der Waals surface area contributed by atoms with Gasteiger partial charge in [-0.15, -0.1) is 0 Å². The predicted molar refractivity (Wildman–Crippen MR) is 109 cm³/mol. The number of benzene rings is 3. The van der Waals surface area contributed by atoms with Crippen LogP contribution in [0.5, 0.6) is 0 Å².